The van der Waals surface area contributed by atoms with E-state index in [1.54, 1.807) is 0 Å². The van der Waals surface area contributed by atoms with Gasteiger partial charge in [0.25, 0.3) is 5.91 Å². The van der Waals surface area contributed by atoms with E-state index in [1.165, 1.54) is 24.3 Å². The molecule has 2 aromatic carbocycles. The summed E-state index contributed by atoms with van der Waals surface area (Å²) < 4.78 is 26.3. The maximum atomic E-state index is 13.4. The average molecular weight is 316 g/mol. The number of carboxylic acid groups (broad SMARTS) is 1. The summed E-state index contributed by atoms with van der Waals surface area (Å²) in [5.74, 6) is -2.98. The molecule has 0 bridgehead atoms. The number of hydrogen-bond donors (Lipinski definition) is 3. The summed E-state index contributed by atoms with van der Waals surface area (Å²) in [6, 6.07) is 8.43. The van der Waals surface area contributed by atoms with E-state index in [0.29, 0.717) is 5.52 Å². The molecule has 116 valence electrons. The molecule has 0 unspecified atom stereocenters. The SMILES string of the molecule is O=C(Nc1c(C(=O)O)[nH]c2ccc(F)cc12)c1ccc(F)cc1. The zero-order chi connectivity index (χ0) is 16.6. The quantitative estimate of drug-likeness (QED) is 0.692. The molecule has 0 saturated heterocycles. The lowest BCUT2D eigenvalue weighted by atomic mass is 10.1. The molecule has 1 heterocycles. The normalized spacial score (nSPS) is 10.7. The number of rotatable bonds is 3. The fourth-order valence-corrected chi connectivity index (χ4v) is 2.24. The van der Waals surface area contributed by atoms with Crippen LogP contribution in [0.3, 0.4) is 0 Å². The molecule has 3 N–H and O–H groups in total. The van der Waals surface area contributed by atoms with Gasteiger partial charge in [-0.1, -0.05) is 0 Å². The predicted molar refractivity (Wildman–Crippen MR) is 79.6 cm³/mol. The van der Waals surface area contributed by atoms with Crippen molar-refractivity contribution in [2.24, 2.45) is 0 Å². The van der Waals surface area contributed by atoms with E-state index in [4.69, 9.17) is 0 Å². The Morgan fingerprint density at radius 3 is 2.30 bits per heavy atom. The van der Waals surface area contributed by atoms with Crippen molar-refractivity contribution in [2.75, 3.05) is 5.32 Å². The minimum absolute atomic E-state index is 0.0404. The monoisotopic (exact) mass is 316 g/mol. The highest BCUT2D eigenvalue weighted by Crippen LogP contribution is 2.29. The van der Waals surface area contributed by atoms with Gasteiger partial charge in [-0.25, -0.2) is 13.6 Å². The number of benzene rings is 2. The van der Waals surface area contributed by atoms with Gasteiger partial charge in [-0.05, 0) is 42.5 Å². The van der Waals surface area contributed by atoms with Gasteiger partial charge in [0.05, 0.1) is 5.69 Å². The second kappa shape index (κ2) is 5.53. The molecule has 0 atom stereocenters. The number of H-pyrrole nitrogens is 1. The second-order valence-corrected chi connectivity index (χ2v) is 4.83. The van der Waals surface area contributed by atoms with Gasteiger partial charge in [0.15, 0.2) is 0 Å². The van der Waals surface area contributed by atoms with E-state index in [-0.39, 0.29) is 22.3 Å². The topological polar surface area (TPSA) is 82.2 Å². The van der Waals surface area contributed by atoms with Crippen molar-refractivity contribution in [1.82, 2.24) is 4.98 Å². The molecule has 7 heteroatoms. The van der Waals surface area contributed by atoms with Crippen LogP contribution >= 0.6 is 0 Å². The summed E-state index contributed by atoms with van der Waals surface area (Å²) >= 11 is 0. The van der Waals surface area contributed by atoms with Crippen molar-refractivity contribution >= 4 is 28.5 Å². The average Bonchev–Trinajstić information content (AvgIpc) is 2.86. The molecule has 1 amide bonds. The van der Waals surface area contributed by atoms with Crippen LogP contribution < -0.4 is 5.32 Å². The van der Waals surface area contributed by atoms with Gasteiger partial charge in [0, 0.05) is 16.5 Å². The van der Waals surface area contributed by atoms with Gasteiger partial charge in [-0.2, -0.15) is 0 Å². The molecule has 3 rings (SSSR count). The lowest BCUT2D eigenvalue weighted by Crippen LogP contribution is -2.14. The minimum atomic E-state index is -1.30. The first-order valence-corrected chi connectivity index (χ1v) is 6.57. The third-order valence-corrected chi connectivity index (χ3v) is 3.32. The molecule has 1 aromatic heterocycles. The number of carbonyl (C=O) groups is 2. The van der Waals surface area contributed by atoms with E-state index in [9.17, 15) is 23.5 Å². The van der Waals surface area contributed by atoms with Crippen molar-refractivity contribution in [3.63, 3.8) is 0 Å². The van der Waals surface area contributed by atoms with Gasteiger partial charge in [0.2, 0.25) is 0 Å². The molecule has 3 aromatic rings. The van der Waals surface area contributed by atoms with E-state index >= 15 is 0 Å². The van der Waals surface area contributed by atoms with Gasteiger partial charge in [-0.15, -0.1) is 0 Å². The first kappa shape index (κ1) is 14.7. The number of amides is 1. The number of aromatic amines is 1. The van der Waals surface area contributed by atoms with Crippen LogP contribution in [-0.2, 0) is 0 Å². The smallest absolute Gasteiger partial charge is 0.354 e. The largest absolute Gasteiger partial charge is 0.477 e. The fourth-order valence-electron chi connectivity index (χ4n) is 2.24. The Hall–Kier alpha value is -3.22. The maximum absolute atomic E-state index is 13.4. The summed E-state index contributed by atoms with van der Waals surface area (Å²) in [7, 11) is 0. The minimum Gasteiger partial charge on any atom is -0.477 e. The van der Waals surface area contributed by atoms with Crippen LogP contribution in [0.2, 0.25) is 0 Å². The summed E-state index contributed by atoms with van der Waals surface area (Å²) in [6.45, 7) is 0. The lowest BCUT2D eigenvalue weighted by Gasteiger charge is -2.06. The van der Waals surface area contributed by atoms with Crippen molar-refractivity contribution < 1.29 is 23.5 Å². The summed E-state index contributed by atoms with van der Waals surface area (Å²) in [6.07, 6.45) is 0. The van der Waals surface area contributed by atoms with Crippen LogP contribution in [0.15, 0.2) is 42.5 Å². The van der Waals surface area contributed by atoms with Crippen LogP contribution in [0.1, 0.15) is 20.8 Å². The lowest BCUT2D eigenvalue weighted by molar-refractivity contribution is 0.0692. The second-order valence-electron chi connectivity index (χ2n) is 4.83. The highest BCUT2D eigenvalue weighted by Gasteiger charge is 2.20. The Balaban J connectivity index is 2.05. The molecule has 23 heavy (non-hydrogen) atoms. The van der Waals surface area contributed by atoms with Crippen molar-refractivity contribution in [3.8, 4) is 0 Å². The van der Waals surface area contributed by atoms with Crippen LogP contribution in [-0.4, -0.2) is 22.0 Å². The molecule has 5 nitrogen and oxygen atoms in total. The van der Waals surface area contributed by atoms with E-state index in [0.717, 1.165) is 18.2 Å². The van der Waals surface area contributed by atoms with E-state index in [1.807, 2.05) is 0 Å². The number of anilines is 1. The molecule has 0 aliphatic rings. The number of carboxylic acids is 1. The Morgan fingerprint density at radius 2 is 1.65 bits per heavy atom. The summed E-state index contributed by atoms with van der Waals surface area (Å²) in [5, 5.41) is 11.9. The third kappa shape index (κ3) is 2.76. The molecule has 0 radical (unpaired) electrons. The standard InChI is InChI=1S/C16H10F2N2O3/c17-9-3-1-8(2-4-9)15(21)20-13-11-7-10(18)5-6-12(11)19-14(13)16(22)23/h1-7,19H,(H,20,21)(H,22,23). The number of carbonyl (C=O) groups excluding carboxylic acids is 1. The third-order valence-electron chi connectivity index (χ3n) is 3.32. The first-order chi connectivity index (χ1) is 11.0. The Morgan fingerprint density at radius 1 is 1.00 bits per heavy atom. The van der Waals surface area contributed by atoms with Gasteiger partial charge >= 0.3 is 5.97 Å². The van der Waals surface area contributed by atoms with Crippen molar-refractivity contribution in [2.45, 2.75) is 0 Å². The molecule has 0 aliphatic carbocycles. The van der Waals surface area contributed by atoms with Crippen LogP contribution in [0.4, 0.5) is 14.5 Å². The number of fused-ring (bicyclic) bond motifs is 1. The molecule has 0 saturated carbocycles. The van der Waals surface area contributed by atoms with E-state index < -0.39 is 23.5 Å². The van der Waals surface area contributed by atoms with Gasteiger partial charge in [-0.3, -0.25) is 4.79 Å². The van der Waals surface area contributed by atoms with Gasteiger partial charge in [0.1, 0.15) is 17.3 Å². The number of nitrogens with one attached hydrogen (secondary N) is 2. The molecule has 0 aliphatic heterocycles. The summed E-state index contributed by atoms with van der Waals surface area (Å²) in [4.78, 5) is 26.1. The Kier molecular flexibility index (Phi) is 3.53. The zero-order valence-corrected chi connectivity index (χ0v) is 11.6. The van der Waals surface area contributed by atoms with Crippen LogP contribution in [0.5, 0.6) is 0 Å². The highest BCUT2D eigenvalue weighted by atomic mass is 19.1. The van der Waals surface area contributed by atoms with Crippen LogP contribution in [0.25, 0.3) is 10.9 Å². The zero-order valence-electron chi connectivity index (χ0n) is 11.6. The molecule has 0 fully saturated rings. The summed E-state index contributed by atoms with van der Waals surface area (Å²) in [5.41, 5.74) is 0.217. The number of aromatic carboxylic acids is 1. The number of aromatic nitrogens is 1. The van der Waals surface area contributed by atoms with Gasteiger partial charge < -0.3 is 15.4 Å². The van der Waals surface area contributed by atoms with E-state index in [2.05, 4.69) is 10.3 Å². The highest BCUT2D eigenvalue weighted by molar-refractivity contribution is 6.14. The molecular weight excluding hydrogens is 306 g/mol. The predicted octanol–water partition coefficient (Wildman–Crippen LogP) is 3.40. The Bertz CT molecular complexity index is 917. The molecular formula is C16H10F2N2O3. The molecule has 0 spiro atoms. The Labute approximate surface area is 128 Å². The number of halogens is 2. The first-order valence-electron chi connectivity index (χ1n) is 6.57. The van der Waals surface area contributed by atoms with Crippen LogP contribution in [0, 0.1) is 11.6 Å². The van der Waals surface area contributed by atoms with Crippen molar-refractivity contribution in [1.29, 1.82) is 0 Å². The fraction of sp³-hybridized carbons (Fsp3) is 0. The van der Waals surface area contributed by atoms with Crippen molar-refractivity contribution in [3.05, 3.63) is 65.4 Å². The number of hydrogen-bond acceptors (Lipinski definition) is 2. The maximum Gasteiger partial charge on any atom is 0.354 e.